The van der Waals surface area contributed by atoms with E-state index in [4.69, 9.17) is 16.6 Å². The molecule has 2 aromatic heterocycles. The fraction of sp³-hybridized carbons (Fsp3) is 0.429. The molecular formula is C21H25BrClN5S. The molecule has 0 atom stereocenters. The van der Waals surface area contributed by atoms with E-state index in [0.29, 0.717) is 10.9 Å². The Morgan fingerprint density at radius 3 is 2.79 bits per heavy atom. The van der Waals surface area contributed by atoms with Crippen LogP contribution in [0.1, 0.15) is 19.3 Å². The number of nitrogens with one attached hydrogen (secondary N) is 1. The zero-order chi connectivity index (χ0) is 20.2. The van der Waals surface area contributed by atoms with Crippen LogP contribution in [0.2, 0.25) is 5.02 Å². The Kier molecular flexibility index (Phi) is 7.00. The van der Waals surface area contributed by atoms with Gasteiger partial charge in [0.2, 0.25) is 0 Å². The van der Waals surface area contributed by atoms with Gasteiger partial charge in [-0.15, -0.1) is 0 Å². The van der Waals surface area contributed by atoms with Gasteiger partial charge in [-0.1, -0.05) is 29.8 Å². The van der Waals surface area contributed by atoms with E-state index < -0.39 is 0 Å². The average molecular weight is 495 g/mol. The third-order valence-corrected chi connectivity index (χ3v) is 6.70. The minimum absolute atomic E-state index is 0.660. The van der Waals surface area contributed by atoms with Crippen molar-refractivity contribution in [2.45, 2.75) is 19.3 Å². The predicted molar refractivity (Wildman–Crippen MR) is 127 cm³/mol. The van der Waals surface area contributed by atoms with Crippen molar-refractivity contribution in [2.24, 2.45) is 5.92 Å². The largest absolute Gasteiger partial charge is 0.370 e. The standard InChI is InChI=1S/C21H25BrClN5S/c22-17-14-25-28-20(24-13-15-6-9-27(10-7-15)8-3-11-29)12-19(26-21(17)28)16-4-1-2-5-18(16)23/h1-2,4-5,12,14-15,24,29H,3,6-11,13H2. The highest BCUT2D eigenvalue weighted by atomic mass is 79.9. The van der Waals surface area contributed by atoms with Crippen molar-refractivity contribution in [3.63, 3.8) is 0 Å². The predicted octanol–water partition coefficient (Wildman–Crippen LogP) is 5.26. The van der Waals surface area contributed by atoms with Crippen LogP contribution in [0.4, 0.5) is 5.82 Å². The number of likely N-dealkylation sites (tertiary alicyclic amines) is 1. The number of aromatic nitrogens is 3. The first-order chi connectivity index (χ1) is 14.2. The molecule has 1 N–H and O–H groups in total. The monoisotopic (exact) mass is 493 g/mol. The summed E-state index contributed by atoms with van der Waals surface area (Å²) in [5, 5.41) is 8.80. The third kappa shape index (κ3) is 4.90. The van der Waals surface area contributed by atoms with E-state index in [9.17, 15) is 0 Å². The Bertz CT molecular complexity index is 971. The summed E-state index contributed by atoms with van der Waals surface area (Å²) < 4.78 is 2.72. The van der Waals surface area contributed by atoms with Gasteiger partial charge in [0.25, 0.3) is 0 Å². The zero-order valence-corrected chi connectivity index (χ0v) is 19.4. The topological polar surface area (TPSA) is 45.5 Å². The van der Waals surface area contributed by atoms with E-state index in [1.54, 1.807) is 6.20 Å². The molecule has 1 aliphatic heterocycles. The summed E-state index contributed by atoms with van der Waals surface area (Å²) in [6.45, 7) is 4.43. The van der Waals surface area contributed by atoms with Gasteiger partial charge in [-0.3, -0.25) is 0 Å². The Labute approximate surface area is 190 Å². The number of halogens is 2. The average Bonchev–Trinajstić information content (AvgIpc) is 3.12. The molecule has 8 heteroatoms. The molecule has 0 aliphatic carbocycles. The van der Waals surface area contributed by atoms with E-state index in [0.717, 1.165) is 46.0 Å². The van der Waals surface area contributed by atoms with Crippen LogP contribution >= 0.6 is 40.2 Å². The quantitative estimate of drug-likeness (QED) is 0.440. The van der Waals surface area contributed by atoms with Crippen LogP contribution in [0, 0.1) is 5.92 Å². The smallest absolute Gasteiger partial charge is 0.172 e. The number of anilines is 1. The lowest BCUT2D eigenvalue weighted by Gasteiger charge is -2.32. The van der Waals surface area contributed by atoms with Crippen molar-refractivity contribution in [1.82, 2.24) is 19.5 Å². The number of thiol groups is 1. The second kappa shape index (κ2) is 9.69. The molecule has 0 radical (unpaired) electrons. The highest BCUT2D eigenvalue weighted by molar-refractivity contribution is 9.10. The van der Waals surface area contributed by atoms with E-state index in [-0.39, 0.29) is 0 Å². The molecule has 1 fully saturated rings. The molecule has 1 saturated heterocycles. The highest BCUT2D eigenvalue weighted by Gasteiger charge is 2.20. The summed E-state index contributed by atoms with van der Waals surface area (Å²) in [5.74, 6) is 2.56. The number of fused-ring (bicyclic) bond motifs is 1. The van der Waals surface area contributed by atoms with Crippen LogP contribution in [0.25, 0.3) is 16.9 Å². The van der Waals surface area contributed by atoms with Gasteiger partial charge in [-0.05, 0) is 72.6 Å². The van der Waals surface area contributed by atoms with Crippen molar-refractivity contribution < 1.29 is 0 Å². The van der Waals surface area contributed by atoms with Gasteiger partial charge in [-0.25, -0.2) is 4.98 Å². The molecule has 4 rings (SSSR count). The summed E-state index contributed by atoms with van der Waals surface area (Å²) in [6, 6.07) is 9.84. The highest BCUT2D eigenvalue weighted by Crippen LogP contribution is 2.30. The van der Waals surface area contributed by atoms with Gasteiger partial charge in [0.1, 0.15) is 5.82 Å². The Morgan fingerprint density at radius 1 is 1.24 bits per heavy atom. The summed E-state index contributed by atoms with van der Waals surface area (Å²) in [5.41, 5.74) is 2.55. The first kappa shape index (κ1) is 21.0. The molecule has 154 valence electrons. The number of hydrogen-bond donors (Lipinski definition) is 2. The van der Waals surface area contributed by atoms with Gasteiger partial charge < -0.3 is 10.2 Å². The third-order valence-electron chi connectivity index (χ3n) is 5.49. The van der Waals surface area contributed by atoms with Gasteiger partial charge in [-0.2, -0.15) is 22.2 Å². The molecule has 0 unspecified atom stereocenters. The maximum atomic E-state index is 6.42. The molecule has 1 aliphatic rings. The molecule has 5 nitrogen and oxygen atoms in total. The molecule has 3 aromatic rings. The van der Waals surface area contributed by atoms with Crippen molar-refractivity contribution in [3.05, 3.63) is 46.0 Å². The number of hydrogen-bond acceptors (Lipinski definition) is 5. The van der Waals surface area contributed by atoms with Crippen molar-refractivity contribution in [2.75, 3.05) is 37.2 Å². The molecular weight excluding hydrogens is 470 g/mol. The van der Waals surface area contributed by atoms with Crippen molar-refractivity contribution >= 4 is 51.6 Å². The van der Waals surface area contributed by atoms with Gasteiger partial charge in [0, 0.05) is 23.2 Å². The van der Waals surface area contributed by atoms with E-state index in [2.05, 4.69) is 43.9 Å². The number of nitrogens with zero attached hydrogens (tertiary/aromatic N) is 4. The summed E-state index contributed by atoms with van der Waals surface area (Å²) in [4.78, 5) is 7.33. The Balaban J connectivity index is 1.51. The van der Waals surface area contributed by atoms with Crippen LogP contribution in [0.3, 0.4) is 0 Å². The van der Waals surface area contributed by atoms with Crippen molar-refractivity contribution in [3.8, 4) is 11.3 Å². The van der Waals surface area contributed by atoms with Gasteiger partial charge in [0.15, 0.2) is 5.65 Å². The second-order valence-corrected chi connectivity index (χ2v) is 9.19. The fourth-order valence-corrected chi connectivity index (χ4v) is 4.55. The molecule has 1 aromatic carbocycles. The van der Waals surface area contributed by atoms with Crippen LogP contribution in [-0.2, 0) is 0 Å². The molecule has 29 heavy (non-hydrogen) atoms. The summed E-state index contributed by atoms with van der Waals surface area (Å²) in [7, 11) is 0. The first-order valence-electron chi connectivity index (χ1n) is 10.0. The Morgan fingerprint density at radius 2 is 2.03 bits per heavy atom. The Hall–Kier alpha value is -1.28. The fourth-order valence-electron chi connectivity index (χ4n) is 3.83. The summed E-state index contributed by atoms with van der Waals surface area (Å²) in [6.07, 6.45) is 5.38. The maximum Gasteiger partial charge on any atom is 0.172 e. The maximum absolute atomic E-state index is 6.42. The van der Waals surface area contributed by atoms with E-state index in [1.165, 1.54) is 32.4 Å². The SMILES string of the molecule is SCCCN1CCC(CNc2cc(-c3ccccc3Cl)nc3c(Br)cnn23)CC1. The lowest BCUT2D eigenvalue weighted by atomic mass is 9.96. The molecule has 0 bridgehead atoms. The number of piperidine rings is 1. The molecule has 3 heterocycles. The van der Waals surface area contributed by atoms with Crippen molar-refractivity contribution in [1.29, 1.82) is 0 Å². The first-order valence-corrected chi connectivity index (χ1v) is 11.8. The zero-order valence-electron chi connectivity index (χ0n) is 16.2. The van der Waals surface area contributed by atoms with Crippen LogP contribution in [-0.4, -0.2) is 51.4 Å². The van der Waals surface area contributed by atoms with Gasteiger partial charge >= 0.3 is 0 Å². The van der Waals surface area contributed by atoms with Crippen LogP contribution < -0.4 is 5.32 Å². The van der Waals surface area contributed by atoms with Crippen LogP contribution in [0.15, 0.2) is 41.0 Å². The second-order valence-electron chi connectivity index (χ2n) is 7.48. The molecule has 0 amide bonds. The molecule has 0 spiro atoms. The minimum Gasteiger partial charge on any atom is -0.370 e. The minimum atomic E-state index is 0.660. The number of rotatable bonds is 7. The lowest BCUT2D eigenvalue weighted by Crippen LogP contribution is -2.36. The normalized spacial score (nSPS) is 15.8. The summed E-state index contributed by atoms with van der Waals surface area (Å²) >= 11 is 14.3. The van der Waals surface area contributed by atoms with Crippen LogP contribution in [0.5, 0.6) is 0 Å². The molecule has 0 saturated carbocycles. The number of benzene rings is 1. The van der Waals surface area contributed by atoms with E-state index in [1.807, 2.05) is 34.8 Å². The van der Waals surface area contributed by atoms with Gasteiger partial charge in [0.05, 0.1) is 16.4 Å². The van der Waals surface area contributed by atoms with E-state index >= 15 is 0 Å². The lowest BCUT2D eigenvalue weighted by molar-refractivity contribution is 0.190.